The number of nitrogens with zero attached hydrogens (tertiary/aromatic N) is 2. The zero-order chi connectivity index (χ0) is 22.3. The monoisotopic (exact) mass is 426 g/mol. The Kier molecular flexibility index (Phi) is 6.36. The van der Waals surface area contributed by atoms with Gasteiger partial charge in [0.1, 0.15) is 0 Å². The van der Waals surface area contributed by atoms with Gasteiger partial charge in [0.2, 0.25) is 0 Å². The van der Waals surface area contributed by atoms with E-state index in [0.717, 1.165) is 22.4 Å². The Labute approximate surface area is 185 Å². The first-order valence-corrected chi connectivity index (χ1v) is 10.2. The Morgan fingerprint density at radius 3 is 2.44 bits per heavy atom. The Morgan fingerprint density at radius 2 is 1.69 bits per heavy atom. The third kappa shape index (κ3) is 4.89. The molecular weight excluding hydrogens is 404 g/mol. The number of aromatic nitrogens is 1. The third-order valence-corrected chi connectivity index (χ3v) is 4.84. The number of carbonyl (C=O) groups is 2. The number of ether oxygens (including phenoxy) is 1. The topological polar surface area (TPSA) is 92.7 Å². The van der Waals surface area contributed by atoms with Crippen LogP contribution in [0.4, 0.5) is 16.2 Å². The van der Waals surface area contributed by atoms with E-state index in [0.29, 0.717) is 30.1 Å². The fourth-order valence-corrected chi connectivity index (χ4v) is 3.38. The molecule has 0 fully saturated rings. The molecule has 2 aromatic carbocycles. The van der Waals surface area contributed by atoms with Gasteiger partial charge in [-0.2, -0.15) is 0 Å². The molecule has 2 heterocycles. The summed E-state index contributed by atoms with van der Waals surface area (Å²) in [5.41, 5.74) is 5.55. The highest BCUT2D eigenvalue weighted by Crippen LogP contribution is 2.25. The van der Waals surface area contributed by atoms with Crippen molar-refractivity contribution in [3.05, 3.63) is 95.8 Å². The molecule has 160 valence electrons. The SMILES string of the molecule is CCOC(=O)c1ccc(NC(=O)Nc2cccc(C3=NCC=C3c3ccncc3)c2)cc1. The lowest BCUT2D eigenvalue weighted by molar-refractivity contribution is 0.0526. The van der Waals surface area contributed by atoms with E-state index in [4.69, 9.17) is 4.74 Å². The predicted octanol–water partition coefficient (Wildman–Crippen LogP) is 4.79. The van der Waals surface area contributed by atoms with Crippen LogP contribution in [0.5, 0.6) is 0 Å². The molecule has 0 radical (unpaired) electrons. The number of amides is 2. The summed E-state index contributed by atoms with van der Waals surface area (Å²) in [4.78, 5) is 32.9. The Hall–Kier alpha value is -4.26. The second-order valence-corrected chi connectivity index (χ2v) is 7.00. The van der Waals surface area contributed by atoms with Gasteiger partial charge in [0.05, 0.1) is 24.4 Å². The standard InChI is InChI=1S/C25H22N4O3/c1-2-32-24(30)18-6-8-20(9-7-18)28-25(31)29-21-5-3-4-19(16-21)23-22(12-15-27-23)17-10-13-26-14-11-17/h3-14,16H,2,15H2,1H3,(H2,28,29,31). The minimum atomic E-state index is -0.393. The number of nitrogens with one attached hydrogen (secondary N) is 2. The summed E-state index contributed by atoms with van der Waals surface area (Å²) < 4.78 is 4.96. The van der Waals surface area contributed by atoms with Crippen LogP contribution in [0.3, 0.4) is 0 Å². The Balaban J connectivity index is 1.42. The normalized spacial score (nSPS) is 12.5. The van der Waals surface area contributed by atoms with E-state index in [1.54, 1.807) is 43.6 Å². The van der Waals surface area contributed by atoms with Gasteiger partial charge in [0.15, 0.2) is 0 Å². The second kappa shape index (κ2) is 9.70. The van der Waals surface area contributed by atoms with Crippen LogP contribution in [0.15, 0.2) is 84.1 Å². The molecule has 1 aliphatic heterocycles. The quantitative estimate of drug-likeness (QED) is 0.555. The van der Waals surface area contributed by atoms with Crippen LogP contribution in [0.2, 0.25) is 0 Å². The fourth-order valence-electron chi connectivity index (χ4n) is 3.38. The van der Waals surface area contributed by atoms with Gasteiger partial charge < -0.3 is 15.4 Å². The van der Waals surface area contributed by atoms with Crippen molar-refractivity contribution in [1.29, 1.82) is 0 Å². The van der Waals surface area contributed by atoms with Crippen molar-refractivity contribution in [1.82, 2.24) is 4.98 Å². The number of rotatable bonds is 6. The van der Waals surface area contributed by atoms with Crippen molar-refractivity contribution in [3.63, 3.8) is 0 Å². The van der Waals surface area contributed by atoms with Gasteiger partial charge in [0, 0.05) is 34.9 Å². The summed E-state index contributed by atoms with van der Waals surface area (Å²) in [7, 11) is 0. The lowest BCUT2D eigenvalue weighted by atomic mass is 9.97. The van der Waals surface area contributed by atoms with E-state index < -0.39 is 5.97 Å². The Morgan fingerprint density at radius 1 is 0.938 bits per heavy atom. The molecule has 0 atom stereocenters. The van der Waals surface area contributed by atoms with Gasteiger partial charge in [0.25, 0.3) is 0 Å². The number of allylic oxidation sites excluding steroid dienone is 1. The lowest BCUT2D eigenvalue weighted by Crippen LogP contribution is -2.19. The van der Waals surface area contributed by atoms with Crippen molar-refractivity contribution < 1.29 is 14.3 Å². The van der Waals surface area contributed by atoms with Crippen LogP contribution in [-0.4, -0.2) is 35.8 Å². The summed E-state index contributed by atoms with van der Waals surface area (Å²) in [6.45, 7) is 2.68. The van der Waals surface area contributed by atoms with Crippen molar-refractivity contribution in [2.24, 2.45) is 4.99 Å². The largest absolute Gasteiger partial charge is 0.462 e. The van der Waals surface area contributed by atoms with Crippen molar-refractivity contribution in [2.75, 3.05) is 23.8 Å². The summed E-state index contributed by atoms with van der Waals surface area (Å²) in [5, 5.41) is 5.60. The molecule has 0 spiro atoms. The number of anilines is 2. The van der Waals surface area contributed by atoms with Crippen LogP contribution < -0.4 is 10.6 Å². The number of pyridine rings is 1. The molecular formula is C25H22N4O3. The van der Waals surface area contributed by atoms with Gasteiger partial charge in [-0.1, -0.05) is 18.2 Å². The van der Waals surface area contributed by atoms with Crippen LogP contribution in [0, 0.1) is 0 Å². The van der Waals surface area contributed by atoms with Crippen LogP contribution in [0.1, 0.15) is 28.4 Å². The van der Waals surface area contributed by atoms with Gasteiger partial charge in [-0.15, -0.1) is 0 Å². The molecule has 4 rings (SSSR count). The molecule has 0 unspecified atom stereocenters. The summed E-state index contributed by atoms with van der Waals surface area (Å²) in [6.07, 6.45) is 5.60. The number of hydrogen-bond acceptors (Lipinski definition) is 5. The molecule has 2 amide bonds. The highest BCUT2D eigenvalue weighted by atomic mass is 16.5. The summed E-state index contributed by atoms with van der Waals surface area (Å²) in [5.74, 6) is -0.393. The summed E-state index contributed by atoms with van der Waals surface area (Å²) in [6, 6.07) is 17.6. The van der Waals surface area contributed by atoms with Crippen LogP contribution in [-0.2, 0) is 4.74 Å². The minimum absolute atomic E-state index is 0.312. The Bertz CT molecular complexity index is 1190. The lowest BCUT2D eigenvalue weighted by Gasteiger charge is -2.11. The maximum absolute atomic E-state index is 12.5. The van der Waals surface area contributed by atoms with Crippen molar-refractivity contribution in [3.8, 4) is 0 Å². The molecule has 0 saturated heterocycles. The summed E-state index contributed by atoms with van der Waals surface area (Å²) >= 11 is 0. The van der Waals surface area contributed by atoms with Gasteiger partial charge in [-0.05, 0) is 61.0 Å². The van der Waals surface area contributed by atoms with Crippen LogP contribution >= 0.6 is 0 Å². The number of urea groups is 1. The number of esters is 1. The van der Waals surface area contributed by atoms with E-state index in [9.17, 15) is 9.59 Å². The molecule has 32 heavy (non-hydrogen) atoms. The van der Waals surface area contributed by atoms with Gasteiger partial charge >= 0.3 is 12.0 Å². The van der Waals surface area contributed by atoms with Gasteiger partial charge in [-0.3, -0.25) is 9.98 Å². The number of hydrogen-bond donors (Lipinski definition) is 2. The molecule has 0 bridgehead atoms. The molecule has 1 aliphatic rings. The minimum Gasteiger partial charge on any atom is -0.462 e. The molecule has 0 aliphatic carbocycles. The maximum atomic E-state index is 12.5. The van der Waals surface area contributed by atoms with Crippen LogP contribution in [0.25, 0.3) is 5.57 Å². The highest BCUT2D eigenvalue weighted by Gasteiger charge is 2.16. The first kappa shape index (κ1) is 21.0. The second-order valence-electron chi connectivity index (χ2n) is 7.00. The average Bonchev–Trinajstić information content (AvgIpc) is 3.30. The molecule has 1 aromatic heterocycles. The maximum Gasteiger partial charge on any atom is 0.338 e. The molecule has 3 aromatic rings. The smallest absolute Gasteiger partial charge is 0.338 e. The number of benzene rings is 2. The number of carbonyl (C=O) groups excluding carboxylic acids is 2. The molecule has 7 heteroatoms. The van der Waals surface area contributed by atoms with E-state index in [-0.39, 0.29) is 6.03 Å². The van der Waals surface area contributed by atoms with E-state index >= 15 is 0 Å². The molecule has 0 saturated carbocycles. The third-order valence-electron chi connectivity index (χ3n) is 4.84. The molecule has 7 nitrogen and oxygen atoms in total. The van der Waals surface area contributed by atoms with Crippen molar-refractivity contribution in [2.45, 2.75) is 6.92 Å². The molecule has 2 N–H and O–H groups in total. The first-order chi connectivity index (χ1) is 15.6. The van der Waals surface area contributed by atoms with E-state index in [2.05, 4.69) is 26.7 Å². The average molecular weight is 426 g/mol. The van der Waals surface area contributed by atoms with Crippen molar-refractivity contribution >= 4 is 34.7 Å². The first-order valence-electron chi connectivity index (χ1n) is 10.2. The predicted molar refractivity (Wildman–Crippen MR) is 125 cm³/mol. The van der Waals surface area contributed by atoms with E-state index in [1.807, 2.05) is 36.4 Å². The zero-order valence-corrected chi connectivity index (χ0v) is 17.5. The van der Waals surface area contributed by atoms with E-state index in [1.165, 1.54) is 0 Å². The zero-order valence-electron chi connectivity index (χ0n) is 17.5. The number of aliphatic imine (C=N–C) groups is 1. The fraction of sp³-hybridized carbons (Fsp3) is 0.120. The highest BCUT2D eigenvalue weighted by molar-refractivity contribution is 6.33. The van der Waals surface area contributed by atoms with Gasteiger partial charge in [-0.25, -0.2) is 9.59 Å².